The highest BCUT2D eigenvalue weighted by molar-refractivity contribution is 7.09. The van der Waals surface area contributed by atoms with Crippen molar-refractivity contribution in [2.45, 2.75) is 58.5 Å². The van der Waals surface area contributed by atoms with Crippen molar-refractivity contribution < 1.29 is 4.79 Å². The van der Waals surface area contributed by atoms with Crippen LogP contribution in [0.5, 0.6) is 0 Å². The molecular formula is C19H25N3OS. The van der Waals surface area contributed by atoms with Crippen molar-refractivity contribution in [3.8, 4) is 0 Å². The van der Waals surface area contributed by atoms with E-state index in [1.807, 2.05) is 6.07 Å². The molecule has 1 aromatic heterocycles. The molecule has 2 N–H and O–H groups in total. The van der Waals surface area contributed by atoms with E-state index in [4.69, 9.17) is 4.98 Å². The molecule has 0 spiro atoms. The number of rotatable bonds is 4. The molecule has 3 rings (SSSR count). The normalized spacial score (nSPS) is 15.8. The molecule has 24 heavy (non-hydrogen) atoms. The van der Waals surface area contributed by atoms with Crippen LogP contribution in [0.1, 0.15) is 62.0 Å². The molecule has 0 radical (unpaired) electrons. The lowest BCUT2D eigenvalue weighted by atomic mass is 9.97. The maximum absolute atomic E-state index is 11.4. The van der Waals surface area contributed by atoms with Gasteiger partial charge in [-0.1, -0.05) is 32.9 Å². The van der Waals surface area contributed by atoms with Crippen molar-refractivity contribution in [3.63, 3.8) is 0 Å². The summed E-state index contributed by atoms with van der Waals surface area (Å²) in [5.74, 6) is 0.111. The molecule has 0 bridgehead atoms. The van der Waals surface area contributed by atoms with Gasteiger partial charge in [-0.05, 0) is 30.5 Å². The average Bonchev–Trinajstić information content (AvgIpc) is 3.01. The first kappa shape index (κ1) is 17.1. The molecule has 5 heteroatoms. The van der Waals surface area contributed by atoms with E-state index in [-0.39, 0.29) is 17.4 Å². The molecule has 0 saturated heterocycles. The van der Waals surface area contributed by atoms with E-state index in [0.29, 0.717) is 6.42 Å². The van der Waals surface area contributed by atoms with Crippen LogP contribution in [0.25, 0.3) is 0 Å². The van der Waals surface area contributed by atoms with E-state index < -0.39 is 0 Å². The third kappa shape index (κ3) is 3.84. The maximum Gasteiger partial charge on any atom is 0.224 e. The molecule has 1 aliphatic rings. The highest BCUT2D eigenvalue weighted by Crippen LogP contribution is 2.27. The zero-order valence-electron chi connectivity index (χ0n) is 14.8. The summed E-state index contributed by atoms with van der Waals surface area (Å²) in [5.41, 5.74) is 4.64. The van der Waals surface area contributed by atoms with Crippen molar-refractivity contribution in [1.82, 2.24) is 10.3 Å². The van der Waals surface area contributed by atoms with Gasteiger partial charge in [0, 0.05) is 35.5 Å². The van der Waals surface area contributed by atoms with Gasteiger partial charge in [0.2, 0.25) is 5.91 Å². The molecule has 1 atom stereocenters. The fraction of sp³-hybridized carbons (Fsp3) is 0.474. The maximum atomic E-state index is 11.4. The highest BCUT2D eigenvalue weighted by atomic mass is 32.1. The molecule has 1 aliphatic heterocycles. The smallest absolute Gasteiger partial charge is 0.224 e. The van der Waals surface area contributed by atoms with Crippen LogP contribution in [0.4, 0.5) is 5.69 Å². The lowest BCUT2D eigenvalue weighted by Crippen LogP contribution is -2.21. The van der Waals surface area contributed by atoms with E-state index >= 15 is 0 Å². The molecule has 0 unspecified atom stereocenters. The Balaban J connectivity index is 1.64. The lowest BCUT2D eigenvalue weighted by Gasteiger charge is -2.20. The van der Waals surface area contributed by atoms with Crippen molar-refractivity contribution >= 4 is 22.9 Å². The highest BCUT2D eigenvalue weighted by Gasteiger charge is 2.19. The van der Waals surface area contributed by atoms with E-state index in [1.165, 1.54) is 16.1 Å². The van der Waals surface area contributed by atoms with Crippen LogP contribution in [0.15, 0.2) is 23.6 Å². The average molecular weight is 343 g/mol. The fourth-order valence-corrected chi connectivity index (χ4v) is 3.69. The first-order chi connectivity index (χ1) is 11.3. The van der Waals surface area contributed by atoms with Crippen LogP contribution in [0.3, 0.4) is 0 Å². The number of nitrogens with zero attached hydrogens (tertiary/aromatic N) is 1. The van der Waals surface area contributed by atoms with Gasteiger partial charge in [-0.25, -0.2) is 4.98 Å². The number of carbonyl (C=O) groups is 1. The zero-order valence-corrected chi connectivity index (χ0v) is 15.6. The second-order valence-corrected chi connectivity index (χ2v) is 8.32. The summed E-state index contributed by atoms with van der Waals surface area (Å²) in [5, 5.41) is 9.80. The minimum atomic E-state index is 0.109. The van der Waals surface area contributed by atoms with Crippen LogP contribution >= 0.6 is 11.3 Å². The number of anilines is 1. The van der Waals surface area contributed by atoms with Gasteiger partial charge in [0.05, 0.1) is 10.7 Å². The molecule has 4 nitrogen and oxygen atoms in total. The first-order valence-corrected chi connectivity index (χ1v) is 9.32. The van der Waals surface area contributed by atoms with Gasteiger partial charge in [-0.3, -0.25) is 4.79 Å². The molecule has 0 fully saturated rings. The van der Waals surface area contributed by atoms with Gasteiger partial charge in [0.25, 0.3) is 0 Å². The predicted molar refractivity (Wildman–Crippen MR) is 99.5 cm³/mol. The lowest BCUT2D eigenvalue weighted by molar-refractivity contribution is -0.116. The minimum Gasteiger partial charge on any atom is -0.326 e. The minimum absolute atomic E-state index is 0.109. The summed E-state index contributed by atoms with van der Waals surface area (Å²) in [6.45, 7) is 9.51. The summed E-state index contributed by atoms with van der Waals surface area (Å²) in [4.78, 5) is 16.2. The third-order valence-corrected chi connectivity index (χ3v) is 5.62. The molecule has 1 aromatic carbocycles. The summed E-state index contributed by atoms with van der Waals surface area (Å²) in [7, 11) is 0. The van der Waals surface area contributed by atoms with Gasteiger partial charge in [-0.15, -0.1) is 11.3 Å². The second-order valence-electron chi connectivity index (χ2n) is 7.46. The van der Waals surface area contributed by atoms with Gasteiger partial charge in [0.15, 0.2) is 0 Å². The Labute approximate surface area is 147 Å². The Morgan fingerprint density at radius 3 is 2.83 bits per heavy atom. The number of hydrogen-bond acceptors (Lipinski definition) is 4. The second kappa shape index (κ2) is 6.65. The van der Waals surface area contributed by atoms with Crippen molar-refractivity contribution in [1.29, 1.82) is 0 Å². The first-order valence-electron chi connectivity index (χ1n) is 8.44. The van der Waals surface area contributed by atoms with E-state index in [2.05, 4.69) is 55.8 Å². The van der Waals surface area contributed by atoms with Crippen LogP contribution in [-0.2, 0) is 23.2 Å². The summed E-state index contributed by atoms with van der Waals surface area (Å²) >= 11 is 1.73. The van der Waals surface area contributed by atoms with Crippen molar-refractivity contribution in [2.75, 3.05) is 5.32 Å². The number of amides is 1. The molecule has 1 amide bonds. The number of fused-ring (bicyclic) bond motifs is 1. The molecule has 2 heterocycles. The summed E-state index contributed by atoms with van der Waals surface area (Å²) < 4.78 is 0. The number of aromatic nitrogens is 1. The molecule has 2 aromatic rings. The number of carbonyl (C=O) groups excluding carboxylic acids is 1. The largest absolute Gasteiger partial charge is 0.326 e. The van der Waals surface area contributed by atoms with Gasteiger partial charge in [-0.2, -0.15) is 0 Å². The Morgan fingerprint density at radius 2 is 2.12 bits per heavy atom. The Kier molecular flexibility index (Phi) is 4.74. The standard InChI is InChI=1S/C19H25N3OS/c1-12(20-10-15-11-24-18(21-15)19(2,3)4)13-5-7-16-14(9-13)6-8-17(23)22-16/h5,7,9,11-12,20H,6,8,10H2,1-4H3,(H,22,23)/t12-/m1/s1. The van der Waals surface area contributed by atoms with Crippen molar-refractivity contribution in [2.24, 2.45) is 0 Å². The Bertz CT molecular complexity index is 745. The van der Waals surface area contributed by atoms with Crippen LogP contribution in [0.2, 0.25) is 0 Å². The molecular weight excluding hydrogens is 318 g/mol. The van der Waals surface area contributed by atoms with Crippen molar-refractivity contribution in [3.05, 3.63) is 45.4 Å². The van der Waals surface area contributed by atoms with E-state index in [9.17, 15) is 4.79 Å². The summed E-state index contributed by atoms with van der Waals surface area (Å²) in [6.07, 6.45) is 1.40. The van der Waals surface area contributed by atoms with Gasteiger partial charge in [0.1, 0.15) is 0 Å². The Morgan fingerprint density at radius 1 is 1.33 bits per heavy atom. The molecule has 128 valence electrons. The summed E-state index contributed by atoms with van der Waals surface area (Å²) in [6, 6.07) is 6.55. The SMILES string of the molecule is C[C@@H](NCc1csc(C(C)(C)C)n1)c1ccc2c(c1)CCC(=O)N2. The topological polar surface area (TPSA) is 54.0 Å². The zero-order chi connectivity index (χ0) is 17.3. The van der Waals surface area contributed by atoms with E-state index in [0.717, 1.165) is 24.3 Å². The number of hydrogen-bond donors (Lipinski definition) is 2. The van der Waals surface area contributed by atoms with E-state index in [1.54, 1.807) is 11.3 Å². The molecule has 0 saturated carbocycles. The quantitative estimate of drug-likeness (QED) is 0.876. The predicted octanol–water partition coefficient (Wildman–Crippen LogP) is 4.18. The van der Waals surface area contributed by atoms with Crippen LogP contribution < -0.4 is 10.6 Å². The number of thiazole rings is 1. The van der Waals surface area contributed by atoms with Crippen LogP contribution in [0, 0.1) is 0 Å². The number of aryl methyl sites for hydroxylation is 1. The van der Waals surface area contributed by atoms with Gasteiger partial charge >= 0.3 is 0 Å². The molecule has 0 aliphatic carbocycles. The number of nitrogens with one attached hydrogen (secondary N) is 2. The third-order valence-electron chi connectivity index (χ3n) is 4.31. The van der Waals surface area contributed by atoms with Gasteiger partial charge < -0.3 is 10.6 Å². The number of benzene rings is 1. The Hall–Kier alpha value is -1.72. The monoisotopic (exact) mass is 343 g/mol. The fourth-order valence-electron chi connectivity index (χ4n) is 2.78. The van der Waals surface area contributed by atoms with Crippen LogP contribution in [-0.4, -0.2) is 10.9 Å².